The Hall–Kier alpha value is -1.91. The molecule has 0 unspecified atom stereocenters. The number of aromatic nitrogens is 2. The van der Waals surface area contributed by atoms with Crippen LogP contribution >= 0.6 is 0 Å². The Labute approximate surface area is 97.6 Å². The summed E-state index contributed by atoms with van der Waals surface area (Å²) in [5.41, 5.74) is 6.08. The van der Waals surface area contributed by atoms with Crippen LogP contribution in [0.3, 0.4) is 0 Å². The average Bonchev–Trinajstić information content (AvgIpc) is 2.99. The molecule has 0 atom stereocenters. The topological polar surface area (TPSA) is 64.9 Å². The van der Waals surface area contributed by atoms with Gasteiger partial charge in [0.2, 0.25) is 0 Å². The number of benzene rings is 1. The van der Waals surface area contributed by atoms with Gasteiger partial charge in [-0.15, -0.1) is 0 Å². The van der Waals surface area contributed by atoms with Gasteiger partial charge in [-0.25, -0.2) is 4.39 Å². The fraction of sp³-hybridized carbons (Fsp3) is 0.333. The Morgan fingerprint density at radius 2 is 2.24 bits per heavy atom. The summed E-state index contributed by atoms with van der Waals surface area (Å²) in [4.78, 5) is 4.25. The third-order valence-corrected chi connectivity index (χ3v) is 2.88. The van der Waals surface area contributed by atoms with Gasteiger partial charge in [-0.2, -0.15) is 4.98 Å². The predicted molar refractivity (Wildman–Crippen MR) is 60.5 cm³/mol. The number of nitrogens with zero attached hydrogens (tertiary/aromatic N) is 2. The van der Waals surface area contributed by atoms with Gasteiger partial charge >= 0.3 is 0 Å². The first kappa shape index (κ1) is 10.3. The minimum Gasteiger partial charge on any atom is -0.396 e. The Bertz CT molecular complexity index is 548. The van der Waals surface area contributed by atoms with Gasteiger partial charge < -0.3 is 10.3 Å². The fourth-order valence-electron chi connectivity index (χ4n) is 1.69. The predicted octanol–water partition coefficient (Wildman–Crippen LogP) is 2.41. The van der Waals surface area contributed by atoms with Crippen LogP contribution in [0.1, 0.15) is 18.7 Å². The molecule has 5 heteroatoms. The number of nitrogen functional groups attached to an aromatic ring is 1. The highest BCUT2D eigenvalue weighted by Gasteiger charge is 2.24. The summed E-state index contributed by atoms with van der Waals surface area (Å²) >= 11 is 0. The van der Waals surface area contributed by atoms with E-state index < -0.39 is 5.82 Å². The lowest BCUT2D eigenvalue weighted by atomic mass is 10.2. The zero-order chi connectivity index (χ0) is 11.8. The van der Waals surface area contributed by atoms with E-state index in [9.17, 15) is 4.39 Å². The summed E-state index contributed by atoms with van der Waals surface area (Å²) in [5, 5.41) is 3.89. The molecule has 0 bridgehead atoms. The van der Waals surface area contributed by atoms with Crippen molar-refractivity contribution in [1.29, 1.82) is 0 Å². The molecule has 1 aromatic heterocycles. The molecule has 1 aromatic carbocycles. The molecule has 1 fully saturated rings. The maximum Gasteiger partial charge on any atom is 0.258 e. The smallest absolute Gasteiger partial charge is 0.258 e. The molecule has 0 amide bonds. The van der Waals surface area contributed by atoms with Gasteiger partial charge in [0, 0.05) is 12.0 Å². The van der Waals surface area contributed by atoms with Crippen LogP contribution < -0.4 is 5.73 Å². The zero-order valence-electron chi connectivity index (χ0n) is 9.19. The molecule has 2 N–H and O–H groups in total. The van der Waals surface area contributed by atoms with Crippen LogP contribution in [-0.2, 0) is 6.42 Å². The van der Waals surface area contributed by atoms with Gasteiger partial charge in [0.1, 0.15) is 5.82 Å². The first-order valence-corrected chi connectivity index (χ1v) is 5.60. The van der Waals surface area contributed by atoms with Crippen molar-refractivity contribution >= 4 is 5.69 Å². The highest BCUT2D eigenvalue weighted by molar-refractivity contribution is 5.57. The maximum atomic E-state index is 13.3. The summed E-state index contributed by atoms with van der Waals surface area (Å²) in [5.74, 6) is 1.27. The quantitative estimate of drug-likeness (QED) is 0.827. The molecule has 1 heterocycles. The molecule has 2 aromatic rings. The first-order valence-electron chi connectivity index (χ1n) is 5.60. The highest BCUT2D eigenvalue weighted by atomic mass is 19.1. The summed E-state index contributed by atoms with van der Waals surface area (Å²) < 4.78 is 18.4. The molecule has 1 aliphatic rings. The summed E-state index contributed by atoms with van der Waals surface area (Å²) in [6, 6.07) is 4.48. The first-order chi connectivity index (χ1) is 8.22. The second kappa shape index (κ2) is 3.84. The number of nitrogens with two attached hydrogens (primary N) is 1. The second-order valence-electron chi connectivity index (χ2n) is 4.40. The Morgan fingerprint density at radius 3 is 2.94 bits per heavy atom. The minimum atomic E-state index is -0.468. The monoisotopic (exact) mass is 233 g/mol. The standard InChI is InChI=1S/C12H12FN3O/c13-9-6-8(3-4-10(9)14)12-15-11(16-17-12)5-7-1-2-7/h3-4,6-7H,1-2,5,14H2. The van der Waals surface area contributed by atoms with Crippen molar-refractivity contribution in [1.82, 2.24) is 10.1 Å². The number of rotatable bonds is 3. The Morgan fingerprint density at radius 1 is 1.41 bits per heavy atom. The van der Waals surface area contributed by atoms with Crippen LogP contribution in [0.2, 0.25) is 0 Å². The van der Waals surface area contributed by atoms with Gasteiger partial charge in [0.05, 0.1) is 5.69 Å². The minimum absolute atomic E-state index is 0.117. The van der Waals surface area contributed by atoms with Gasteiger partial charge in [0.15, 0.2) is 5.82 Å². The van der Waals surface area contributed by atoms with E-state index in [0.717, 1.165) is 6.42 Å². The van der Waals surface area contributed by atoms with Crippen LogP contribution in [0, 0.1) is 11.7 Å². The van der Waals surface area contributed by atoms with Gasteiger partial charge in [0.25, 0.3) is 5.89 Å². The summed E-state index contributed by atoms with van der Waals surface area (Å²) in [6.07, 6.45) is 3.32. The van der Waals surface area contributed by atoms with E-state index in [1.54, 1.807) is 6.07 Å². The molecule has 0 saturated heterocycles. The fourth-order valence-corrected chi connectivity index (χ4v) is 1.69. The van der Waals surface area contributed by atoms with Gasteiger partial charge in [-0.05, 0) is 37.0 Å². The molecular formula is C12H12FN3O. The van der Waals surface area contributed by atoms with Gasteiger partial charge in [-0.3, -0.25) is 0 Å². The summed E-state index contributed by atoms with van der Waals surface area (Å²) in [6.45, 7) is 0. The molecule has 17 heavy (non-hydrogen) atoms. The molecule has 1 saturated carbocycles. The third kappa shape index (κ3) is 2.13. The highest BCUT2D eigenvalue weighted by Crippen LogP contribution is 2.32. The maximum absolute atomic E-state index is 13.3. The number of anilines is 1. The molecule has 0 aliphatic heterocycles. The molecule has 4 nitrogen and oxygen atoms in total. The summed E-state index contributed by atoms with van der Waals surface area (Å²) in [7, 11) is 0. The second-order valence-corrected chi connectivity index (χ2v) is 4.40. The van der Waals surface area contributed by atoms with Crippen LogP contribution in [0.25, 0.3) is 11.5 Å². The van der Waals surface area contributed by atoms with Crippen molar-refractivity contribution in [2.45, 2.75) is 19.3 Å². The Kier molecular flexibility index (Phi) is 2.31. The van der Waals surface area contributed by atoms with E-state index in [0.29, 0.717) is 23.2 Å². The Balaban J connectivity index is 1.86. The largest absolute Gasteiger partial charge is 0.396 e. The van der Waals surface area contributed by atoms with E-state index in [1.165, 1.54) is 25.0 Å². The van der Waals surface area contributed by atoms with Crippen molar-refractivity contribution in [3.8, 4) is 11.5 Å². The van der Waals surface area contributed by atoms with Crippen molar-refractivity contribution in [3.05, 3.63) is 29.8 Å². The normalized spacial score (nSPS) is 15.1. The number of halogens is 1. The molecule has 1 aliphatic carbocycles. The van der Waals surface area contributed by atoms with Gasteiger partial charge in [-0.1, -0.05) is 5.16 Å². The SMILES string of the molecule is Nc1ccc(-c2nc(CC3CC3)no2)cc1F. The lowest BCUT2D eigenvalue weighted by Gasteiger charge is -1.97. The van der Waals surface area contributed by atoms with Crippen molar-refractivity contribution in [2.24, 2.45) is 5.92 Å². The molecular weight excluding hydrogens is 221 g/mol. The van der Waals surface area contributed by atoms with E-state index >= 15 is 0 Å². The van der Waals surface area contributed by atoms with E-state index in [4.69, 9.17) is 10.3 Å². The van der Waals surface area contributed by atoms with E-state index in [-0.39, 0.29) is 5.69 Å². The average molecular weight is 233 g/mol. The van der Waals surface area contributed by atoms with Crippen LogP contribution in [0.4, 0.5) is 10.1 Å². The zero-order valence-corrected chi connectivity index (χ0v) is 9.19. The van der Waals surface area contributed by atoms with Crippen molar-refractivity contribution < 1.29 is 8.91 Å². The number of hydrogen-bond donors (Lipinski definition) is 1. The van der Waals surface area contributed by atoms with Crippen molar-refractivity contribution in [2.75, 3.05) is 5.73 Å². The molecule has 0 spiro atoms. The van der Waals surface area contributed by atoms with Crippen molar-refractivity contribution in [3.63, 3.8) is 0 Å². The number of hydrogen-bond acceptors (Lipinski definition) is 4. The van der Waals surface area contributed by atoms with Crippen LogP contribution in [0.5, 0.6) is 0 Å². The molecule has 0 radical (unpaired) electrons. The molecule has 88 valence electrons. The lowest BCUT2D eigenvalue weighted by molar-refractivity contribution is 0.420. The molecule has 3 rings (SSSR count). The van der Waals surface area contributed by atoms with E-state index in [1.807, 2.05) is 0 Å². The third-order valence-electron chi connectivity index (χ3n) is 2.88. The van der Waals surface area contributed by atoms with E-state index in [2.05, 4.69) is 10.1 Å². The van der Waals surface area contributed by atoms with Crippen LogP contribution in [0.15, 0.2) is 22.7 Å². The lowest BCUT2D eigenvalue weighted by Crippen LogP contribution is -1.91. The van der Waals surface area contributed by atoms with Crippen LogP contribution in [-0.4, -0.2) is 10.1 Å².